The van der Waals surface area contributed by atoms with Gasteiger partial charge in [0.1, 0.15) is 0 Å². The zero-order chi connectivity index (χ0) is 20.8. The number of para-hydroxylation sites is 1. The maximum Gasteiger partial charge on any atom is 0.245 e. The second-order valence-electron chi connectivity index (χ2n) is 7.87. The molecule has 1 saturated heterocycles. The quantitative estimate of drug-likeness (QED) is 0.493. The minimum atomic E-state index is -0.0203. The van der Waals surface area contributed by atoms with E-state index < -0.39 is 0 Å². The average molecular weight is 402 g/mol. The van der Waals surface area contributed by atoms with Gasteiger partial charge in [-0.1, -0.05) is 54.6 Å². The van der Waals surface area contributed by atoms with Gasteiger partial charge in [-0.05, 0) is 41.5 Å². The normalized spacial score (nSPS) is 15.4. The van der Waals surface area contributed by atoms with E-state index in [9.17, 15) is 4.79 Å². The van der Waals surface area contributed by atoms with E-state index in [0.717, 1.165) is 44.0 Å². The monoisotopic (exact) mass is 401 g/mol. The summed E-state index contributed by atoms with van der Waals surface area (Å²) < 4.78 is 0. The Morgan fingerprint density at radius 3 is 2.43 bits per heavy atom. The molecule has 1 aliphatic heterocycles. The van der Waals surface area contributed by atoms with E-state index in [1.54, 1.807) is 0 Å². The highest BCUT2D eigenvalue weighted by Crippen LogP contribution is 2.16. The standard InChI is InChI=1S/C25H28N4O/c1-20(22-12-11-21-7-5-6-8-23(21)19-22)26-27-25(30)13-14-28-15-17-29(18-16-28)24-9-3-2-4-10-24/h2-12,19H,13-18H2,1H3,(H,27,30)/p+1/b26-20-. The summed E-state index contributed by atoms with van der Waals surface area (Å²) in [6, 6.07) is 25.0. The van der Waals surface area contributed by atoms with Crippen LogP contribution >= 0.6 is 0 Å². The van der Waals surface area contributed by atoms with E-state index in [-0.39, 0.29) is 5.91 Å². The highest BCUT2D eigenvalue weighted by molar-refractivity contribution is 6.02. The number of carbonyl (C=O) groups is 1. The number of rotatable bonds is 6. The molecule has 0 aromatic heterocycles. The Hall–Kier alpha value is -3.18. The molecule has 4 rings (SSSR count). The lowest BCUT2D eigenvalue weighted by Gasteiger charge is -2.33. The van der Waals surface area contributed by atoms with Crippen LogP contribution in [0.25, 0.3) is 10.8 Å². The third-order valence-corrected chi connectivity index (χ3v) is 5.81. The molecule has 154 valence electrons. The van der Waals surface area contributed by atoms with Crippen LogP contribution in [-0.2, 0) is 4.79 Å². The number of quaternary nitrogens is 1. The summed E-state index contributed by atoms with van der Waals surface area (Å²) in [5, 5.41) is 6.69. The molecule has 0 atom stereocenters. The van der Waals surface area contributed by atoms with E-state index in [1.165, 1.54) is 21.4 Å². The van der Waals surface area contributed by atoms with Crippen molar-refractivity contribution in [3.63, 3.8) is 0 Å². The zero-order valence-electron chi connectivity index (χ0n) is 17.5. The van der Waals surface area contributed by atoms with E-state index in [1.807, 2.05) is 31.2 Å². The number of anilines is 1. The van der Waals surface area contributed by atoms with Crippen molar-refractivity contribution in [1.82, 2.24) is 5.43 Å². The second kappa shape index (κ2) is 9.55. The Bertz CT molecular complexity index is 1020. The maximum atomic E-state index is 12.3. The van der Waals surface area contributed by atoms with Gasteiger partial charge in [-0.25, -0.2) is 5.43 Å². The molecule has 0 aliphatic carbocycles. The first kappa shape index (κ1) is 20.1. The third kappa shape index (κ3) is 5.05. The lowest BCUT2D eigenvalue weighted by Crippen LogP contribution is -3.15. The molecule has 0 saturated carbocycles. The van der Waals surface area contributed by atoms with Crippen LogP contribution in [0, 0.1) is 0 Å². The smallest absolute Gasteiger partial charge is 0.245 e. The van der Waals surface area contributed by atoms with Gasteiger partial charge in [-0.15, -0.1) is 0 Å². The number of benzene rings is 3. The molecule has 0 spiro atoms. The minimum absolute atomic E-state index is 0.0203. The van der Waals surface area contributed by atoms with Crippen LogP contribution in [0.4, 0.5) is 5.69 Å². The van der Waals surface area contributed by atoms with Crippen LogP contribution in [0.3, 0.4) is 0 Å². The molecule has 5 nitrogen and oxygen atoms in total. The topological polar surface area (TPSA) is 49.1 Å². The van der Waals surface area contributed by atoms with Crippen molar-refractivity contribution in [2.24, 2.45) is 5.10 Å². The summed E-state index contributed by atoms with van der Waals surface area (Å²) in [5.74, 6) is -0.0203. The fourth-order valence-electron chi connectivity index (χ4n) is 3.94. The molecule has 3 aromatic rings. The molecule has 2 N–H and O–H groups in total. The van der Waals surface area contributed by atoms with Gasteiger partial charge in [-0.3, -0.25) is 4.79 Å². The highest BCUT2D eigenvalue weighted by atomic mass is 16.2. The summed E-state index contributed by atoms with van der Waals surface area (Å²) in [5.41, 5.74) is 5.86. The highest BCUT2D eigenvalue weighted by Gasteiger charge is 2.20. The lowest BCUT2D eigenvalue weighted by molar-refractivity contribution is -0.900. The Kier molecular flexibility index (Phi) is 6.40. The predicted molar refractivity (Wildman–Crippen MR) is 123 cm³/mol. The van der Waals surface area contributed by atoms with E-state index in [2.05, 4.69) is 64.0 Å². The summed E-state index contributed by atoms with van der Waals surface area (Å²) in [4.78, 5) is 16.2. The van der Waals surface area contributed by atoms with E-state index in [4.69, 9.17) is 0 Å². The summed E-state index contributed by atoms with van der Waals surface area (Å²) in [7, 11) is 0. The molecule has 0 radical (unpaired) electrons. The number of hydrogen-bond acceptors (Lipinski definition) is 3. The lowest BCUT2D eigenvalue weighted by atomic mass is 10.0. The van der Waals surface area contributed by atoms with Gasteiger partial charge in [0.15, 0.2) is 0 Å². The van der Waals surface area contributed by atoms with Gasteiger partial charge in [0.05, 0.1) is 44.9 Å². The fourth-order valence-corrected chi connectivity index (χ4v) is 3.94. The number of piperazine rings is 1. The second-order valence-corrected chi connectivity index (χ2v) is 7.87. The molecular weight excluding hydrogens is 372 g/mol. The van der Waals surface area contributed by atoms with Crippen molar-refractivity contribution in [3.05, 3.63) is 78.4 Å². The Labute approximate surface area is 178 Å². The van der Waals surface area contributed by atoms with Crippen LogP contribution in [0.2, 0.25) is 0 Å². The molecule has 0 bridgehead atoms. The predicted octanol–water partition coefficient (Wildman–Crippen LogP) is 2.48. The van der Waals surface area contributed by atoms with Gasteiger partial charge in [0.2, 0.25) is 5.91 Å². The minimum Gasteiger partial charge on any atom is -0.360 e. The number of nitrogens with zero attached hydrogens (tertiary/aromatic N) is 2. The van der Waals surface area contributed by atoms with Crippen molar-refractivity contribution < 1.29 is 9.69 Å². The van der Waals surface area contributed by atoms with Gasteiger partial charge >= 0.3 is 0 Å². The molecule has 1 aliphatic rings. The summed E-state index contributed by atoms with van der Waals surface area (Å²) >= 11 is 0. The van der Waals surface area contributed by atoms with Crippen LogP contribution < -0.4 is 15.2 Å². The molecule has 1 fully saturated rings. The molecule has 0 unspecified atom stereocenters. The largest absolute Gasteiger partial charge is 0.360 e. The Morgan fingerprint density at radius 2 is 1.67 bits per heavy atom. The van der Waals surface area contributed by atoms with Crippen LogP contribution in [0.1, 0.15) is 18.9 Å². The van der Waals surface area contributed by atoms with Crippen molar-refractivity contribution in [2.75, 3.05) is 37.6 Å². The number of carbonyl (C=O) groups excluding carboxylic acids is 1. The maximum absolute atomic E-state index is 12.3. The van der Waals surface area contributed by atoms with Crippen LogP contribution in [-0.4, -0.2) is 44.3 Å². The molecule has 1 amide bonds. The summed E-state index contributed by atoms with van der Waals surface area (Å²) in [6.45, 7) is 6.95. The first-order valence-corrected chi connectivity index (χ1v) is 10.6. The molecule has 5 heteroatoms. The molecule has 1 heterocycles. The van der Waals surface area contributed by atoms with Crippen molar-refractivity contribution >= 4 is 28.1 Å². The number of hydrogen-bond donors (Lipinski definition) is 2. The molecular formula is C25H29N4O+. The van der Waals surface area contributed by atoms with E-state index in [0.29, 0.717) is 6.42 Å². The number of nitrogens with one attached hydrogen (secondary N) is 2. The SMILES string of the molecule is C/C(=N/NC(=O)CC[NH+]1CCN(c2ccccc2)CC1)c1ccc2ccccc2c1. The van der Waals surface area contributed by atoms with Crippen molar-refractivity contribution in [2.45, 2.75) is 13.3 Å². The molecule has 30 heavy (non-hydrogen) atoms. The summed E-state index contributed by atoms with van der Waals surface area (Å²) in [6.07, 6.45) is 0.495. The van der Waals surface area contributed by atoms with Crippen molar-refractivity contribution in [3.8, 4) is 0 Å². The van der Waals surface area contributed by atoms with Crippen LogP contribution in [0.15, 0.2) is 77.9 Å². The number of hydrazone groups is 1. The number of amides is 1. The zero-order valence-corrected chi connectivity index (χ0v) is 17.5. The first-order valence-electron chi connectivity index (χ1n) is 10.6. The van der Waals surface area contributed by atoms with Gasteiger partial charge in [-0.2, -0.15) is 5.10 Å². The Morgan fingerprint density at radius 1 is 0.967 bits per heavy atom. The average Bonchev–Trinajstić information content (AvgIpc) is 2.81. The van der Waals surface area contributed by atoms with Gasteiger partial charge in [0, 0.05) is 5.69 Å². The molecule has 3 aromatic carbocycles. The Balaban J connectivity index is 1.23. The van der Waals surface area contributed by atoms with E-state index >= 15 is 0 Å². The van der Waals surface area contributed by atoms with Gasteiger partial charge in [0.25, 0.3) is 0 Å². The third-order valence-electron chi connectivity index (χ3n) is 5.81. The fraction of sp³-hybridized carbons (Fsp3) is 0.280. The number of fused-ring (bicyclic) bond motifs is 1. The van der Waals surface area contributed by atoms with Gasteiger partial charge < -0.3 is 9.80 Å². The van der Waals surface area contributed by atoms with Crippen LogP contribution in [0.5, 0.6) is 0 Å². The first-order chi connectivity index (χ1) is 14.7. The van der Waals surface area contributed by atoms with Crippen molar-refractivity contribution in [1.29, 1.82) is 0 Å².